The predicted octanol–water partition coefficient (Wildman–Crippen LogP) is 1.73. The Bertz CT molecular complexity index is 290. The van der Waals surface area contributed by atoms with Crippen LogP contribution in [0.4, 0.5) is 0 Å². The molecule has 3 nitrogen and oxygen atoms in total. The number of hydrogen-bond donors (Lipinski definition) is 0. The monoisotopic (exact) mass is 179 g/mol. The standard InChI is InChI=1S/C10H13NO2/c1-12-9-4-3-8(7-11-9)10(13-2)5-6-10/h3-4,7H,5-6H2,1-2H3. The van der Waals surface area contributed by atoms with E-state index in [2.05, 4.69) is 4.98 Å². The fraction of sp³-hybridized carbons (Fsp3) is 0.500. The van der Waals surface area contributed by atoms with Crippen molar-refractivity contribution in [3.8, 4) is 5.88 Å². The molecule has 2 rings (SSSR count). The normalized spacial score (nSPS) is 18.3. The van der Waals surface area contributed by atoms with Crippen molar-refractivity contribution in [1.29, 1.82) is 0 Å². The van der Waals surface area contributed by atoms with Gasteiger partial charge in [-0.15, -0.1) is 0 Å². The Morgan fingerprint density at radius 3 is 2.46 bits per heavy atom. The highest BCUT2D eigenvalue weighted by Gasteiger charge is 2.44. The van der Waals surface area contributed by atoms with Gasteiger partial charge in [0.05, 0.1) is 12.7 Å². The Kier molecular flexibility index (Phi) is 1.96. The lowest BCUT2D eigenvalue weighted by Crippen LogP contribution is -2.08. The molecule has 0 atom stereocenters. The van der Waals surface area contributed by atoms with E-state index in [-0.39, 0.29) is 5.60 Å². The van der Waals surface area contributed by atoms with E-state index in [1.807, 2.05) is 18.3 Å². The van der Waals surface area contributed by atoms with Crippen LogP contribution >= 0.6 is 0 Å². The largest absolute Gasteiger partial charge is 0.481 e. The second-order valence-electron chi connectivity index (χ2n) is 3.29. The van der Waals surface area contributed by atoms with E-state index in [0.717, 1.165) is 18.4 Å². The van der Waals surface area contributed by atoms with Crippen molar-refractivity contribution in [1.82, 2.24) is 4.98 Å². The molecule has 70 valence electrons. The first-order valence-electron chi connectivity index (χ1n) is 4.36. The quantitative estimate of drug-likeness (QED) is 0.708. The summed E-state index contributed by atoms with van der Waals surface area (Å²) in [6.45, 7) is 0. The summed E-state index contributed by atoms with van der Waals surface area (Å²) in [5.74, 6) is 0.649. The minimum Gasteiger partial charge on any atom is -0.481 e. The van der Waals surface area contributed by atoms with Crippen LogP contribution in [0.5, 0.6) is 5.88 Å². The number of ether oxygens (including phenoxy) is 2. The average molecular weight is 179 g/mol. The summed E-state index contributed by atoms with van der Waals surface area (Å²) < 4.78 is 10.4. The van der Waals surface area contributed by atoms with Crippen LogP contribution in [0.3, 0.4) is 0 Å². The molecule has 1 aromatic heterocycles. The molecule has 0 N–H and O–H groups in total. The van der Waals surface area contributed by atoms with Crippen molar-refractivity contribution >= 4 is 0 Å². The first-order chi connectivity index (χ1) is 6.30. The lowest BCUT2D eigenvalue weighted by molar-refractivity contribution is 0.0785. The Labute approximate surface area is 77.7 Å². The molecular weight excluding hydrogens is 166 g/mol. The summed E-state index contributed by atoms with van der Waals surface area (Å²) in [6, 6.07) is 3.89. The van der Waals surface area contributed by atoms with E-state index in [0.29, 0.717) is 5.88 Å². The molecule has 0 spiro atoms. The average Bonchev–Trinajstić information content (AvgIpc) is 2.99. The molecule has 0 unspecified atom stereocenters. The lowest BCUT2D eigenvalue weighted by Gasteiger charge is -2.12. The first kappa shape index (κ1) is 8.51. The predicted molar refractivity (Wildman–Crippen MR) is 48.7 cm³/mol. The van der Waals surface area contributed by atoms with E-state index < -0.39 is 0 Å². The summed E-state index contributed by atoms with van der Waals surface area (Å²) >= 11 is 0. The maximum atomic E-state index is 5.43. The van der Waals surface area contributed by atoms with Gasteiger partial charge in [0, 0.05) is 24.9 Å². The molecule has 0 amide bonds. The molecular formula is C10H13NO2. The van der Waals surface area contributed by atoms with Crippen molar-refractivity contribution in [2.24, 2.45) is 0 Å². The molecule has 1 aliphatic carbocycles. The van der Waals surface area contributed by atoms with E-state index in [9.17, 15) is 0 Å². The second kappa shape index (κ2) is 3.00. The van der Waals surface area contributed by atoms with Gasteiger partial charge >= 0.3 is 0 Å². The number of rotatable bonds is 3. The SMILES string of the molecule is COc1ccc(C2(OC)CC2)cn1. The molecule has 1 aromatic rings. The highest BCUT2D eigenvalue weighted by atomic mass is 16.5. The molecule has 1 aliphatic rings. The molecule has 1 fully saturated rings. The van der Waals surface area contributed by atoms with Crippen molar-refractivity contribution < 1.29 is 9.47 Å². The number of methoxy groups -OCH3 is 2. The molecule has 0 aromatic carbocycles. The van der Waals surface area contributed by atoms with Crippen LogP contribution in [0.15, 0.2) is 18.3 Å². The van der Waals surface area contributed by atoms with Crippen LogP contribution < -0.4 is 4.74 Å². The Balaban J connectivity index is 2.23. The zero-order chi connectivity index (χ0) is 9.31. The molecule has 0 aliphatic heterocycles. The zero-order valence-electron chi connectivity index (χ0n) is 7.91. The smallest absolute Gasteiger partial charge is 0.212 e. The molecule has 13 heavy (non-hydrogen) atoms. The minimum atomic E-state index is -0.0424. The van der Waals surface area contributed by atoms with Crippen molar-refractivity contribution in [3.05, 3.63) is 23.9 Å². The fourth-order valence-electron chi connectivity index (χ4n) is 1.49. The van der Waals surface area contributed by atoms with Gasteiger partial charge < -0.3 is 9.47 Å². The van der Waals surface area contributed by atoms with Gasteiger partial charge in [-0.05, 0) is 18.9 Å². The van der Waals surface area contributed by atoms with Gasteiger partial charge in [0.1, 0.15) is 0 Å². The maximum absolute atomic E-state index is 5.43. The van der Waals surface area contributed by atoms with E-state index in [1.54, 1.807) is 14.2 Å². The van der Waals surface area contributed by atoms with Gasteiger partial charge in [0.15, 0.2) is 0 Å². The van der Waals surface area contributed by atoms with Crippen LogP contribution in [-0.2, 0) is 10.3 Å². The highest BCUT2D eigenvalue weighted by Crippen LogP contribution is 2.48. The van der Waals surface area contributed by atoms with Crippen molar-refractivity contribution in [2.45, 2.75) is 18.4 Å². The summed E-state index contributed by atoms with van der Waals surface area (Å²) in [5, 5.41) is 0. The third-order valence-corrected chi connectivity index (χ3v) is 2.57. The number of nitrogens with zero attached hydrogens (tertiary/aromatic N) is 1. The summed E-state index contributed by atoms with van der Waals surface area (Å²) in [6.07, 6.45) is 4.02. The fourth-order valence-corrected chi connectivity index (χ4v) is 1.49. The van der Waals surface area contributed by atoms with E-state index >= 15 is 0 Å². The van der Waals surface area contributed by atoms with Gasteiger partial charge in [0.25, 0.3) is 0 Å². The molecule has 3 heteroatoms. The third kappa shape index (κ3) is 1.40. The van der Waals surface area contributed by atoms with Gasteiger partial charge in [-0.3, -0.25) is 0 Å². The second-order valence-corrected chi connectivity index (χ2v) is 3.29. The molecule has 0 saturated heterocycles. The van der Waals surface area contributed by atoms with Crippen LogP contribution in [0.1, 0.15) is 18.4 Å². The maximum Gasteiger partial charge on any atom is 0.212 e. The van der Waals surface area contributed by atoms with Crippen molar-refractivity contribution in [3.63, 3.8) is 0 Å². The van der Waals surface area contributed by atoms with Crippen LogP contribution in [0.2, 0.25) is 0 Å². The minimum absolute atomic E-state index is 0.0424. The molecule has 0 radical (unpaired) electrons. The van der Waals surface area contributed by atoms with Gasteiger partial charge in [-0.25, -0.2) is 4.98 Å². The Hall–Kier alpha value is -1.09. The summed E-state index contributed by atoms with van der Waals surface area (Å²) in [4.78, 5) is 4.15. The van der Waals surface area contributed by atoms with E-state index in [4.69, 9.17) is 9.47 Å². The zero-order valence-corrected chi connectivity index (χ0v) is 7.91. The van der Waals surface area contributed by atoms with Crippen molar-refractivity contribution in [2.75, 3.05) is 14.2 Å². The van der Waals surface area contributed by atoms with Crippen LogP contribution in [0, 0.1) is 0 Å². The van der Waals surface area contributed by atoms with Crippen LogP contribution in [0.25, 0.3) is 0 Å². The third-order valence-electron chi connectivity index (χ3n) is 2.57. The number of pyridine rings is 1. The van der Waals surface area contributed by atoms with Gasteiger partial charge in [0.2, 0.25) is 5.88 Å². The van der Waals surface area contributed by atoms with Crippen LogP contribution in [-0.4, -0.2) is 19.2 Å². The number of hydrogen-bond acceptors (Lipinski definition) is 3. The first-order valence-corrected chi connectivity index (χ1v) is 4.36. The molecule has 1 saturated carbocycles. The van der Waals surface area contributed by atoms with E-state index in [1.165, 1.54) is 0 Å². The highest BCUT2D eigenvalue weighted by molar-refractivity contribution is 5.27. The Morgan fingerprint density at radius 2 is 2.08 bits per heavy atom. The lowest BCUT2D eigenvalue weighted by atomic mass is 10.1. The number of aromatic nitrogens is 1. The molecule has 0 bridgehead atoms. The summed E-state index contributed by atoms with van der Waals surface area (Å²) in [7, 11) is 3.36. The molecule has 1 heterocycles. The topological polar surface area (TPSA) is 31.4 Å². The summed E-state index contributed by atoms with van der Waals surface area (Å²) in [5.41, 5.74) is 1.11. The van der Waals surface area contributed by atoms with Gasteiger partial charge in [-0.2, -0.15) is 0 Å². The Morgan fingerprint density at radius 1 is 1.31 bits per heavy atom. The van der Waals surface area contributed by atoms with Gasteiger partial charge in [-0.1, -0.05) is 0 Å².